The van der Waals surface area contributed by atoms with Crippen molar-refractivity contribution in [3.8, 4) is 11.5 Å². The average molecular weight is 415 g/mol. The molecule has 154 valence electrons. The van der Waals surface area contributed by atoms with Crippen molar-refractivity contribution in [1.82, 2.24) is 4.98 Å². The zero-order valence-electron chi connectivity index (χ0n) is 17.4. The summed E-state index contributed by atoms with van der Waals surface area (Å²) in [6.45, 7) is 4.03. The number of hydrogen-bond donors (Lipinski definition) is 1. The second kappa shape index (κ2) is 9.71. The summed E-state index contributed by atoms with van der Waals surface area (Å²) >= 11 is 1.52. The first-order valence-electron chi connectivity index (χ1n) is 9.76. The summed E-state index contributed by atoms with van der Waals surface area (Å²) in [5.41, 5.74) is 1.76. The van der Waals surface area contributed by atoms with E-state index in [2.05, 4.69) is 14.1 Å². The van der Waals surface area contributed by atoms with Gasteiger partial charge in [0.25, 0.3) is 0 Å². The molecular formula is C22H28N3O3S+. The topological polar surface area (TPSA) is 56.1 Å². The molecule has 1 amide bonds. The van der Waals surface area contributed by atoms with Crippen LogP contribution in [0.5, 0.6) is 11.5 Å². The summed E-state index contributed by atoms with van der Waals surface area (Å²) in [4.78, 5) is 21.0. The Bertz CT molecular complexity index is 954. The van der Waals surface area contributed by atoms with E-state index < -0.39 is 0 Å². The molecule has 0 saturated carbocycles. The van der Waals surface area contributed by atoms with Gasteiger partial charge in [0.2, 0.25) is 5.91 Å². The molecule has 0 saturated heterocycles. The maximum Gasteiger partial charge on any atom is 0.233 e. The standard InChI is InChI=1S/C22H27N3O3S/c1-5-28-17-11-9-16(10-12-17)15-20(26)25(14-13-24(2)3)22-23-21-18(27-4)7-6-8-19(21)29-22/h6-12H,5,13-15H2,1-4H3/p+1. The van der Waals surface area contributed by atoms with E-state index in [1.165, 1.54) is 16.2 Å². The molecule has 0 aliphatic carbocycles. The number of thiazole rings is 1. The lowest BCUT2D eigenvalue weighted by Crippen LogP contribution is -3.06. The number of nitrogens with one attached hydrogen (secondary N) is 1. The number of amides is 1. The fourth-order valence-corrected chi connectivity index (χ4v) is 4.02. The van der Waals surface area contributed by atoms with Gasteiger partial charge in [-0.05, 0) is 36.8 Å². The molecule has 0 fully saturated rings. The molecule has 3 aromatic rings. The number of nitrogens with zero attached hydrogens (tertiary/aromatic N) is 2. The number of benzene rings is 2. The van der Waals surface area contributed by atoms with E-state index in [0.29, 0.717) is 24.7 Å². The van der Waals surface area contributed by atoms with Gasteiger partial charge >= 0.3 is 0 Å². The zero-order chi connectivity index (χ0) is 20.8. The van der Waals surface area contributed by atoms with Crippen LogP contribution in [0, 0.1) is 0 Å². The lowest BCUT2D eigenvalue weighted by Gasteiger charge is -2.20. The lowest BCUT2D eigenvalue weighted by molar-refractivity contribution is -0.856. The Morgan fingerprint density at radius 1 is 1.17 bits per heavy atom. The van der Waals surface area contributed by atoms with Crippen LogP contribution in [0.15, 0.2) is 42.5 Å². The molecule has 1 heterocycles. The van der Waals surface area contributed by atoms with Crippen LogP contribution in [0.4, 0.5) is 5.13 Å². The number of hydrogen-bond acceptors (Lipinski definition) is 5. The number of carbonyl (C=O) groups excluding carboxylic acids is 1. The van der Waals surface area contributed by atoms with Gasteiger partial charge < -0.3 is 14.4 Å². The molecule has 3 rings (SSSR count). The van der Waals surface area contributed by atoms with Crippen LogP contribution in [-0.4, -0.2) is 51.8 Å². The van der Waals surface area contributed by atoms with Gasteiger partial charge in [-0.1, -0.05) is 29.5 Å². The van der Waals surface area contributed by atoms with Gasteiger partial charge in [-0.3, -0.25) is 9.69 Å². The first-order valence-corrected chi connectivity index (χ1v) is 10.6. The smallest absolute Gasteiger partial charge is 0.233 e. The number of carbonyl (C=O) groups is 1. The van der Waals surface area contributed by atoms with Crippen molar-refractivity contribution in [2.75, 3.05) is 45.8 Å². The Labute approximate surface area is 175 Å². The third-order valence-electron chi connectivity index (χ3n) is 4.55. The highest BCUT2D eigenvalue weighted by molar-refractivity contribution is 7.22. The Balaban J connectivity index is 1.85. The Morgan fingerprint density at radius 3 is 2.59 bits per heavy atom. The monoisotopic (exact) mass is 414 g/mol. The highest BCUT2D eigenvalue weighted by Crippen LogP contribution is 2.34. The number of para-hydroxylation sites is 1. The summed E-state index contributed by atoms with van der Waals surface area (Å²) in [6, 6.07) is 13.5. The zero-order valence-corrected chi connectivity index (χ0v) is 18.2. The Kier molecular flexibility index (Phi) is 7.06. The third-order valence-corrected chi connectivity index (χ3v) is 5.59. The second-order valence-corrected chi connectivity index (χ2v) is 8.07. The molecule has 0 aliphatic rings. The van der Waals surface area contributed by atoms with Gasteiger partial charge in [-0.2, -0.15) is 0 Å². The van der Waals surface area contributed by atoms with Crippen molar-refractivity contribution < 1.29 is 19.2 Å². The van der Waals surface area contributed by atoms with Crippen molar-refractivity contribution in [3.05, 3.63) is 48.0 Å². The Hall–Kier alpha value is -2.64. The highest BCUT2D eigenvalue weighted by atomic mass is 32.1. The van der Waals surface area contributed by atoms with Crippen LogP contribution in [-0.2, 0) is 11.2 Å². The van der Waals surface area contributed by atoms with Gasteiger partial charge in [0, 0.05) is 0 Å². The normalized spacial score (nSPS) is 11.1. The highest BCUT2D eigenvalue weighted by Gasteiger charge is 2.22. The minimum absolute atomic E-state index is 0.0356. The van der Waals surface area contributed by atoms with E-state index >= 15 is 0 Å². The molecule has 0 aliphatic heterocycles. The maximum absolute atomic E-state index is 13.2. The van der Waals surface area contributed by atoms with E-state index in [-0.39, 0.29) is 5.91 Å². The van der Waals surface area contributed by atoms with Crippen LogP contribution in [0.1, 0.15) is 12.5 Å². The summed E-state index contributed by atoms with van der Waals surface area (Å²) in [5, 5.41) is 0.710. The molecular weight excluding hydrogens is 386 g/mol. The van der Waals surface area contributed by atoms with E-state index in [1.54, 1.807) is 12.0 Å². The molecule has 7 heteroatoms. The van der Waals surface area contributed by atoms with E-state index in [4.69, 9.17) is 14.5 Å². The van der Waals surface area contributed by atoms with Gasteiger partial charge in [0.1, 0.15) is 17.0 Å². The molecule has 0 spiro atoms. The van der Waals surface area contributed by atoms with Crippen LogP contribution < -0.4 is 19.3 Å². The predicted octanol–water partition coefficient (Wildman–Crippen LogP) is 2.42. The molecule has 0 bridgehead atoms. The summed E-state index contributed by atoms with van der Waals surface area (Å²) < 4.78 is 11.9. The summed E-state index contributed by atoms with van der Waals surface area (Å²) in [6.07, 6.45) is 0.322. The van der Waals surface area contributed by atoms with Gasteiger partial charge in [0.05, 0.1) is 52.0 Å². The first-order chi connectivity index (χ1) is 14.0. The maximum atomic E-state index is 13.2. The lowest BCUT2D eigenvalue weighted by atomic mass is 10.1. The number of rotatable bonds is 9. The number of anilines is 1. The Morgan fingerprint density at radius 2 is 1.93 bits per heavy atom. The van der Waals surface area contributed by atoms with Gasteiger partial charge in [-0.25, -0.2) is 4.98 Å². The number of aromatic nitrogens is 1. The van der Waals surface area contributed by atoms with Crippen LogP contribution in [0.2, 0.25) is 0 Å². The van der Waals surface area contributed by atoms with Gasteiger partial charge in [0.15, 0.2) is 5.13 Å². The molecule has 1 aromatic heterocycles. The van der Waals surface area contributed by atoms with Crippen LogP contribution in [0.3, 0.4) is 0 Å². The largest absolute Gasteiger partial charge is 0.494 e. The summed E-state index contributed by atoms with van der Waals surface area (Å²) in [5.74, 6) is 1.57. The minimum Gasteiger partial charge on any atom is -0.494 e. The number of methoxy groups -OCH3 is 1. The van der Waals surface area contributed by atoms with Crippen LogP contribution >= 0.6 is 11.3 Å². The number of quaternary nitrogens is 1. The fraction of sp³-hybridized carbons (Fsp3) is 0.364. The molecule has 2 aromatic carbocycles. The van der Waals surface area contributed by atoms with E-state index in [9.17, 15) is 4.79 Å². The van der Waals surface area contributed by atoms with Crippen molar-refractivity contribution in [2.24, 2.45) is 0 Å². The van der Waals surface area contributed by atoms with Gasteiger partial charge in [-0.15, -0.1) is 0 Å². The number of fused-ring (bicyclic) bond motifs is 1. The molecule has 0 radical (unpaired) electrons. The molecule has 6 nitrogen and oxygen atoms in total. The van der Waals surface area contributed by atoms with Crippen LogP contribution in [0.25, 0.3) is 10.2 Å². The quantitative estimate of drug-likeness (QED) is 0.584. The molecule has 1 N–H and O–H groups in total. The number of likely N-dealkylation sites (N-methyl/N-ethyl adjacent to an activating group) is 1. The first kappa shape index (κ1) is 21.1. The molecule has 29 heavy (non-hydrogen) atoms. The second-order valence-electron chi connectivity index (χ2n) is 7.06. The molecule has 0 atom stereocenters. The average Bonchev–Trinajstić information content (AvgIpc) is 3.13. The van der Waals surface area contributed by atoms with E-state index in [0.717, 1.165) is 33.8 Å². The summed E-state index contributed by atoms with van der Waals surface area (Å²) in [7, 11) is 5.80. The number of ether oxygens (including phenoxy) is 2. The third kappa shape index (κ3) is 5.25. The van der Waals surface area contributed by atoms with Crippen molar-refractivity contribution in [2.45, 2.75) is 13.3 Å². The van der Waals surface area contributed by atoms with E-state index in [1.807, 2.05) is 49.4 Å². The SMILES string of the molecule is CCOc1ccc(CC(=O)N(CC[NH+](C)C)c2nc3c(OC)cccc3s2)cc1. The molecule has 0 unspecified atom stereocenters. The fourth-order valence-electron chi connectivity index (χ4n) is 2.99. The predicted molar refractivity (Wildman–Crippen MR) is 118 cm³/mol. The van der Waals surface area contributed by atoms with Crippen molar-refractivity contribution >= 4 is 32.6 Å². The van der Waals surface area contributed by atoms with Crippen molar-refractivity contribution in [3.63, 3.8) is 0 Å². The van der Waals surface area contributed by atoms with Crippen molar-refractivity contribution in [1.29, 1.82) is 0 Å². The minimum atomic E-state index is 0.0356.